The molecule has 2 heterocycles. The molecule has 0 amide bonds. The van der Waals surface area contributed by atoms with Gasteiger partial charge >= 0.3 is 0 Å². The number of imidazole rings is 1. The van der Waals surface area contributed by atoms with Gasteiger partial charge in [-0.2, -0.15) is 5.10 Å². The summed E-state index contributed by atoms with van der Waals surface area (Å²) in [4.78, 5) is 15.9. The zero-order valence-electron chi connectivity index (χ0n) is 10.3. The number of aromatic nitrogens is 4. The van der Waals surface area contributed by atoms with E-state index in [1.807, 2.05) is 24.0 Å². The smallest absolute Gasteiger partial charge is 0.186 e. The van der Waals surface area contributed by atoms with Crippen molar-refractivity contribution >= 4 is 5.78 Å². The lowest BCUT2D eigenvalue weighted by atomic mass is 10.2. The van der Waals surface area contributed by atoms with Crippen molar-refractivity contribution in [2.24, 2.45) is 7.05 Å². The molecule has 0 aliphatic carbocycles. The third kappa shape index (κ3) is 2.43. The summed E-state index contributed by atoms with van der Waals surface area (Å²) >= 11 is 0. The van der Waals surface area contributed by atoms with E-state index in [0.29, 0.717) is 18.2 Å². The Hall–Kier alpha value is -1.91. The van der Waals surface area contributed by atoms with Gasteiger partial charge in [0.2, 0.25) is 0 Å². The Morgan fingerprint density at radius 3 is 2.76 bits per heavy atom. The van der Waals surface area contributed by atoms with Crippen molar-refractivity contribution in [1.82, 2.24) is 19.3 Å². The van der Waals surface area contributed by atoms with E-state index in [4.69, 9.17) is 0 Å². The first kappa shape index (κ1) is 11.6. The first-order valence-corrected chi connectivity index (χ1v) is 5.61. The normalized spacial score (nSPS) is 11.1. The van der Waals surface area contributed by atoms with Gasteiger partial charge < -0.3 is 4.57 Å². The summed E-state index contributed by atoms with van der Waals surface area (Å²) in [6.07, 6.45) is 5.43. The maximum Gasteiger partial charge on any atom is 0.186 e. The lowest BCUT2D eigenvalue weighted by molar-refractivity contribution is 0.0984. The minimum atomic E-state index is 0.0407. The summed E-state index contributed by atoms with van der Waals surface area (Å²) in [6.45, 7) is 4.11. The highest BCUT2D eigenvalue weighted by atomic mass is 16.1. The molecule has 0 saturated heterocycles. The van der Waals surface area contributed by atoms with Gasteiger partial charge in [-0.05, 0) is 19.9 Å². The van der Waals surface area contributed by atoms with Crippen molar-refractivity contribution in [3.05, 3.63) is 36.2 Å². The Balaban J connectivity index is 2.11. The summed E-state index contributed by atoms with van der Waals surface area (Å²) in [5.74, 6) is 0.0407. The lowest BCUT2D eigenvalue weighted by Crippen LogP contribution is -2.09. The Morgan fingerprint density at radius 2 is 2.24 bits per heavy atom. The molecular formula is C12H16N4O. The average molecular weight is 232 g/mol. The van der Waals surface area contributed by atoms with Crippen LogP contribution in [0.1, 0.15) is 36.1 Å². The predicted molar refractivity (Wildman–Crippen MR) is 63.9 cm³/mol. The van der Waals surface area contributed by atoms with Gasteiger partial charge in [-0.1, -0.05) is 0 Å². The fourth-order valence-electron chi connectivity index (χ4n) is 1.64. The zero-order chi connectivity index (χ0) is 12.4. The molecule has 0 radical (unpaired) electrons. The molecule has 0 saturated carbocycles. The van der Waals surface area contributed by atoms with Crippen LogP contribution in [0.3, 0.4) is 0 Å². The standard InChI is InChI=1S/C12H16N4O/c1-9(2)16-5-4-10(14-16)6-12(17)11-7-13-8-15(11)3/h4-5,7-9H,6H2,1-3H3. The van der Waals surface area contributed by atoms with Gasteiger partial charge in [-0.15, -0.1) is 0 Å². The van der Waals surface area contributed by atoms with Gasteiger partial charge in [0.15, 0.2) is 5.78 Å². The number of hydrogen-bond acceptors (Lipinski definition) is 3. The summed E-state index contributed by atoms with van der Waals surface area (Å²) in [7, 11) is 1.81. The van der Waals surface area contributed by atoms with Gasteiger partial charge in [0.25, 0.3) is 0 Å². The summed E-state index contributed by atoms with van der Waals surface area (Å²) in [6, 6.07) is 2.20. The summed E-state index contributed by atoms with van der Waals surface area (Å²) < 4.78 is 3.58. The first-order valence-electron chi connectivity index (χ1n) is 5.61. The van der Waals surface area contributed by atoms with Crippen LogP contribution in [0.5, 0.6) is 0 Å². The van der Waals surface area contributed by atoms with Crippen molar-refractivity contribution in [3.63, 3.8) is 0 Å². The number of ketones is 1. The largest absolute Gasteiger partial charge is 0.331 e. The molecule has 0 unspecified atom stereocenters. The second-order valence-corrected chi connectivity index (χ2v) is 4.37. The lowest BCUT2D eigenvalue weighted by Gasteiger charge is -2.03. The second kappa shape index (κ2) is 4.53. The fraction of sp³-hybridized carbons (Fsp3) is 0.417. The van der Waals surface area contributed by atoms with E-state index in [9.17, 15) is 4.79 Å². The second-order valence-electron chi connectivity index (χ2n) is 4.37. The van der Waals surface area contributed by atoms with E-state index in [2.05, 4.69) is 23.9 Å². The first-order chi connectivity index (χ1) is 8.08. The minimum absolute atomic E-state index is 0.0407. The Kier molecular flexibility index (Phi) is 3.08. The number of carbonyl (C=O) groups is 1. The molecule has 0 bridgehead atoms. The molecule has 5 nitrogen and oxygen atoms in total. The highest BCUT2D eigenvalue weighted by Gasteiger charge is 2.12. The van der Waals surface area contributed by atoms with Crippen molar-refractivity contribution in [1.29, 1.82) is 0 Å². The molecule has 5 heteroatoms. The van der Waals surface area contributed by atoms with Crippen LogP contribution in [-0.2, 0) is 13.5 Å². The maximum absolute atomic E-state index is 12.0. The number of Topliss-reactive ketones (excluding diaryl/α,β-unsaturated/α-hetero) is 1. The van der Waals surface area contributed by atoms with Gasteiger partial charge in [0.1, 0.15) is 5.69 Å². The zero-order valence-corrected chi connectivity index (χ0v) is 10.3. The van der Waals surface area contributed by atoms with E-state index >= 15 is 0 Å². The summed E-state index contributed by atoms with van der Waals surface area (Å²) in [5, 5.41) is 4.36. The molecule has 0 fully saturated rings. The molecule has 0 spiro atoms. The molecule has 90 valence electrons. The minimum Gasteiger partial charge on any atom is -0.331 e. The predicted octanol–water partition coefficient (Wildman–Crippen LogP) is 1.62. The summed E-state index contributed by atoms with van der Waals surface area (Å²) in [5.41, 5.74) is 1.41. The quantitative estimate of drug-likeness (QED) is 0.753. The number of nitrogens with zero attached hydrogens (tertiary/aromatic N) is 4. The third-order valence-corrected chi connectivity index (χ3v) is 2.64. The van der Waals surface area contributed by atoms with E-state index in [-0.39, 0.29) is 5.78 Å². The van der Waals surface area contributed by atoms with Crippen LogP contribution in [0.15, 0.2) is 24.8 Å². The van der Waals surface area contributed by atoms with Crippen LogP contribution in [0, 0.1) is 0 Å². The van der Waals surface area contributed by atoms with Crippen LogP contribution >= 0.6 is 0 Å². The molecule has 2 aromatic rings. The topological polar surface area (TPSA) is 52.7 Å². The molecule has 0 atom stereocenters. The fourth-order valence-corrected chi connectivity index (χ4v) is 1.64. The Morgan fingerprint density at radius 1 is 1.47 bits per heavy atom. The molecule has 0 N–H and O–H groups in total. The van der Waals surface area contributed by atoms with Crippen molar-refractivity contribution in [2.75, 3.05) is 0 Å². The molecule has 17 heavy (non-hydrogen) atoms. The number of rotatable bonds is 4. The Labute approximate surface area is 100 Å². The van der Waals surface area contributed by atoms with Gasteiger partial charge in [0.05, 0.1) is 24.6 Å². The molecule has 0 aliphatic heterocycles. The van der Waals surface area contributed by atoms with E-state index in [1.165, 1.54) is 0 Å². The SMILES string of the molecule is CC(C)n1ccc(CC(=O)c2cncn2C)n1. The van der Waals surface area contributed by atoms with Crippen molar-refractivity contribution in [2.45, 2.75) is 26.3 Å². The monoisotopic (exact) mass is 232 g/mol. The Bertz CT molecular complexity index is 524. The van der Waals surface area contributed by atoms with Crippen LogP contribution in [0.4, 0.5) is 0 Å². The number of hydrogen-bond donors (Lipinski definition) is 0. The molecular weight excluding hydrogens is 216 g/mol. The van der Waals surface area contributed by atoms with Crippen LogP contribution in [-0.4, -0.2) is 25.1 Å². The molecule has 0 aromatic carbocycles. The molecule has 0 aliphatic rings. The van der Waals surface area contributed by atoms with E-state index in [1.54, 1.807) is 17.1 Å². The van der Waals surface area contributed by atoms with Crippen LogP contribution < -0.4 is 0 Å². The van der Waals surface area contributed by atoms with Crippen LogP contribution in [0.25, 0.3) is 0 Å². The number of aryl methyl sites for hydroxylation is 1. The highest BCUT2D eigenvalue weighted by Crippen LogP contribution is 2.08. The van der Waals surface area contributed by atoms with Gasteiger partial charge in [-0.3, -0.25) is 9.48 Å². The van der Waals surface area contributed by atoms with Crippen molar-refractivity contribution in [3.8, 4) is 0 Å². The average Bonchev–Trinajstić information content (AvgIpc) is 2.86. The van der Waals surface area contributed by atoms with Crippen molar-refractivity contribution < 1.29 is 4.79 Å². The van der Waals surface area contributed by atoms with E-state index in [0.717, 1.165) is 5.69 Å². The number of carbonyl (C=O) groups excluding carboxylic acids is 1. The molecule has 2 rings (SSSR count). The van der Waals surface area contributed by atoms with E-state index < -0.39 is 0 Å². The molecule has 2 aromatic heterocycles. The van der Waals surface area contributed by atoms with Crippen LogP contribution in [0.2, 0.25) is 0 Å². The maximum atomic E-state index is 12.0. The van der Waals surface area contributed by atoms with Gasteiger partial charge in [0, 0.05) is 19.3 Å². The third-order valence-electron chi connectivity index (χ3n) is 2.64. The highest BCUT2D eigenvalue weighted by molar-refractivity contribution is 5.95. The van der Waals surface area contributed by atoms with Gasteiger partial charge in [-0.25, -0.2) is 4.98 Å².